The van der Waals surface area contributed by atoms with Crippen molar-refractivity contribution in [1.82, 2.24) is 15.2 Å². The summed E-state index contributed by atoms with van der Waals surface area (Å²) in [5.41, 5.74) is 6.74. The zero-order valence-corrected chi connectivity index (χ0v) is 21.8. The highest BCUT2D eigenvalue weighted by Crippen LogP contribution is 2.28. The van der Waals surface area contributed by atoms with E-state index in [1.165, 1.54) is 12.1 Å². The van der Waals surface area contributed by atoms with Gasteiger partial charge in [0, 0.05) is 31.2 Å². The van der Waals surface area contributed by atoms with Crippen LogP contribution in [-0.2, 0) is 11.2 Å². The second-order valence-electron chi connectivity index (χ2n) is 8.94. The fraction of sp³-hybridized carbons (Fsp3) is 0.310. The quantitative estimate of drug-likeness (QED) is 0.270. The molecule has 0 fully saturated rings. The maximum atomic E-state index is 15.3. The molecule has 3 rings (SSSR count). The molecule has 0 unspecified atom stereocenters. The molecule has 204 valence electrons. The predicted octanol–water partition coefficient (Wildman–Crippen LogP) is 3.87. The van der Waals surface area contributed by atoms with Crippen molar-refractivity contribution in [2.75, 3.05) is 31.5 Å². The Morgan fingerprint density at radius 3 is 2.69 bits per heavy atom. The smallest absolute Gasteiger partial charge is 0.255 e. The Kier molecular flexibility index (Phi) is 10.9. The van der Waals surface area contributed by atoms with Crippen LogP contribution in [0.3, 0.4) is 0 Å². The lowest BCUT2D eigenvalue weighted by atomic mass is 10.0. The summed E-state index contributed by atoms with van der Waals surface area (Å²) in [4.78, 5) is 30.8. The maximum absolute atomic E-state index is 15.3. The molecule has 0 radical (unpaired) electrons. The summed E-state index contributed by atoms with van der Waals surface area (Å²) in [6.45, 7) is 3.24. The lowest BCUT2D eigenvalue weighted by Gasteiger charge is -2.27. The highest BCUT2D eigenvalue weighted by atomic mass is 19.1. The van der Waals surface area contributed by atoms with Gasteiger partial charge in [0.25, 0.3) is 5.91 Å². The Bertz CT molecular complexity index is 1330. The molecular formula is C29H32F2N6O2. The van der Waals surface area contributed by atoms with Gasteiger partial charge >= 0.3 is 0 Å². The van der Waals surface area contributed by atoms with Gasteiger partial charge < -0.3 is 21.3 Å². The molecule has 0 aliphatic carbocycles. The van der Waals surface area contributed by atoms with Gasteiger partial charge in [0.05, 0.1) is 17.2 Å². The first kappa shape index (κ1) is 29.2. The largest absolute Gasteiger partial charge is 0.369 e. The van der Waals surface area contributed by atoms with Crippen molar-refractivity contribution in [3.63, 3.8) is 0 Å². The number of nitrogens with two attached hydrogens (primary N) is 1. The molecule has 39 heavy (non-hydrogen) atoms. The second kappa shape index (κ2) is 14.5. The third-order valence-corrected chi connectivity index (χ3v) is 6.31. The maximum Gasteiger partial charge on any atom is 0.255 e. The van der Waals surface area contributed by atoms with Crippen LogP contribution in [0.2, 0.25) is 0 Å². The van der Waals surface area contributed by atoms with E-state index in [9.17, 15) is 19.2 Å². The third-order valence-electron chi connectivity index (χ3n) is 6.31. The molecule has 1 atom stereocenters. The van der Waals surface area contributed by atoms with Gasteiger partial charge in [0.1, 0.15) is 23.1 Å². The van der Waals surface area contributed by atoms with Crippen LogP contribution >= 0.6 is 0 Å². The first-order valence-corrected chi connectivity index (χ1v) is 12.8. The molecule has 1 heterocycles. The Morgan fingerprint density at radius 2 is 2.00 bits per heavy atom. The van der Waals surface area contributed by atoms with Gasteiger partial charge in [-0.3, -0.25) is 9.59 Å². The first-order valence-electron chi connectivity index (χ1n) is 12.8. The number of nitrogens with one attached hydrogen (secondary N) is 2. The van der Waals surface area contributed by atoms with Crippen LogP contribution in [0.1, 0.15) is 41.3 Å². The molecule has 4 N–H and O–H groups in total. The van der Waals surface area contributed by atoms with Crippen LogP contribution in [0.15, 0.2) is 54.6 Å². The van der Waals surface area contributed by atoms with Crippen molar-refractivity contribution in [3.05, 3.63) is 82.9 Å². The molecule has 0 saturated carbocycles. The van der Waals surface area contributed by atoms with Gasteiger partial charge in [-0.1, -0.05) is 37.3 Å². The minimum Gasteiger partial charge on any atom is -0.369 e. The normalized spacial score (nSPS) is 11.4. The lowest BCUT2D eigenvalue weighted by Crippen LogP contribution is -2.44. The number of pyridine rings is 1. The van der Waals surface area contributed by atoms with Gasteiger partial charge in [-0.2, -0.15) is 5.26 Å². The standard InChI is InChI=1S/C29H32F2N6O2/c1-2-23(37(19-38)14-6-12-32)18-35-29(39)25-16-26(31)27(24-10-4-3-8-21(24)17-33)36-28(25)34-13-11-20-7-5-9-22(30)15-20/h3-5,7-10,15-16,19,23H,2,6,11-14,18,32H2,1H3,(H,34,36)(H,35,39)/t23-/m1/s1. The van der Waals surface area contributed by atoms with Gasteiger partial charge in [-0.25, -0.2) is 13.8 Å². The minimum atomic E-state index is -0.761. The molecule has 0 aliphatic rings. The summed E-state index contributed by atoms with van der Waals surface area (Å²) in [6.07, 6.45) is 2.38. The molecule has 0 spiro atoms. The summed E-state index contributed by atoms with van der Waals surface area (Å²) in [5.74, 6) is -1.57. The summed E-state index contributed by atoms with van der Waals surface area (Å²) in [5, 5.41) is 15.4. The van der Waals surface area contributed by atoms with Gasteiger partial charge in [-0.05, 0) is 55.6 Å². The number of nitrogens with zero attached hydrogens (tertiary/aromatic N) is 3. The van der Waals surface area contributed by atoms with Crippen molar-refractivity contribution in [2.24, 2.45) is 5.73 Å². The van der Waals surface area contributed by atoms with Crippen LogP contribution < -0.4 is 16.4 Å². The van der Waals surface area contributed by atoms with E-state index in [1.54, 1.807) is 41.3 Å². The van der Waals surface area contributed by atoms with Crippen LogP contribution in [0.4, 0.5) is 14.6 Å². The van der Waals surface area contributed by atoms with Gasteiger partial charge in [0.2, 0.25) is 6.41 Å². The number of nitriles is 1. The number of rotatable bonds is 14. The number of hydrogen-bond acceptors (Lipinski definition) is 6. The molecule has 0 saturated heterocycles. The molecule has 3 aromatic rings. The topological polar surface area (TPSA) is 124 Å². The molecule has 2 amide bonds. The predicted molar refractivity (Wildman–Crippen MR) is 146 cm³/mol. The number of benzene rings is 2. The van der Waals surface area contributed by atoms with Crippen molar-refractivity contribution >= 4 is 18.1 Å². The molecule has 8 nitrogen and oxygen atoms in total. The van der Waals surface area contributed by atoms with E-state index in [0.29, 0.717) is 37.9 Å². The summed E-state index contributed by atoms with van der Waals surface area (Å²) in [7, 11) is 0. The Balaban J connectivity index is 1.88. The monoisotopic (exact) mass is 534 g/mol. The number of amides is 2. The highest BCUT2D eigenvalue weighted by Gasteiger charge is 2.22. The van der Waals surface area contributed by atoms with E-state index in [1.807, 2.05) is 13.0 Å². The number of carbonyl (C=O) groups excluding carboxylic acids is 2. The van der Waals surface area contributed by atoms with Crippen molar-refractivity contribution in [1.29, 1.82) is 5.26 Å². The van der Waals surface area contributed by atoms with E-state index in [0.717, 1.165) is 18.0 Å². The Hall–Kier alpha value is -4.36. The Labute approximate surface area is 226 Å². The molecule has 10 heteroatoms. The van der Waals surface area contributed by atoms with E-state index in [4.69, 9.17) is 5.73 Å². The van der Waals surface area contributed by atoms with E-state index in [-0.39, 0.29) is 47.6 Å². The van der Waals surface area contributed by atoms with Crippen molar-refractivity contribution in [3.8, 4) is 17.3 Å². The van der Waals surface area contributed by atoms with E-state index in [2.05, 4.69) is 15.6 Å². The zero-order valence-electron chi connectivity index (χ0n) is 21.8. The third kappa shape index (κ3) is 7.82. The number of halogens is 2. The molecule has 2 aromatic carbocycles. The SMILES string of the molecule is CC[C@H](CNC(=O)c1cc(F)c(-c2ccccc2C#N)nc1NCCc1cccc(F)c1)N(C=O)CCCN. The van der Waals surface area contributed by atoms with E-state index >= 15 is 4.39 Å². The lowest BCUT2D eigenvalue weighted by molar-refractivity contribution is -0.120. The molecule has 0 bridgehead atoms. The molecular weight excluding hydrogens is 502 g/mol. The van der Waals surface area contributed by atoms with Crippen LogP contribution in [0.5, 0.6) is 0 Å². The van der Waals surface area contributed by atoms with E-state index < -0.39 is 11.7 Å². The van der Waals surface area contributed by atoms with Crippen LogP contribution in [0.25, 0.3) is 11.3 Å². The van der Waals surface area contributed by atoms with Crippen LogP contribution in [-0.4, -0.2) is 54.4 Å². The van der Waals surface area contributed by atoms with Crippen molar-refractivity contribution < 1.29 is 18.4 Å². The molecule has 1 aromatic heterocycles. The number of hydrogen-bond donors (Lipinski definition) is 3. The number of aromatic nitrogens is 1. The average Bonchev–Trinajstić information content (AvgIpc) is 2.95. The van der Waals surface area contributed by atoms with Gasteiger partial charge in [0.15, 0.2) is 0 Å². The fourth-order valence-electron chi connectivity index (χ4n) is 4.19. The summed E-state index contributed by atoms with van der Waals surface area (Å²) >= 11 is 0. The average molecular weight is 535 g/mol. The summed E-state index contributed by atoms with van der Waals surface area (Å²) in [6, 6.07) is 15.5. The summed E-state index contributed by atoms with van der Waals surface area (Å²) < 4.78 is 28.9. The minimum absolute atomic E-state index is 0.0283. The van der Waals surface area contributed by atoms with Crippen molar-refractivity contribution in [2.45, 2.75) is 32.2 Å². The molecule has 0 aliphatic heterocycles. The number of carbonyl (C=O) groups is 2. The van der Waals surface area contributed by atoms with Gasteiger partial charge in [-0.15, -0.1) is 0 Å². The fourth-order valence-corrected chi connectivity index (χ4v) is 4.19. The highest BCUT2D eigenvalue weighted by molar-refractivity contribution is 5.99. The van der Waals surface area contributed by atoms with Crippen LogP contribution in [0, 0.1) is 23.0 Å². The second-order valence-corrected chi connectivity index (χ2v) is 8.94. The zero-order chi connectivity index (χ0) is 28.2. The Morgan fingerprint density at radius 1 is 1.21 bits per heavy atom. The first-order chi connectivity index (χ1) is 18.9. The number of anilines is 1.